The van der Waals surface area contributed by atoms with Crippen LogP contribution < -0.4 is 5.32 Å². The molecule has 0 saturated carbocycles. The maximum Gasteiger partial charge on any atom is 0.283 e. The van der Waals surface area contributed by atoms with Gasteiger partial charge in [-0.2, -0.15) is 0 Å². The molecule has 1 aliphatic rings. The summed E-state index contributed by atoms with van der Waals surface area (Å²) >= 11 is 5.72. The Hall–Kier alpha value is -2.15. The van der Waals surface area contributed by atoms with Crippen molar-refractivity contribution in [3.8, 4) is 0 Å². The van der Waals surface area contributed by atoms with Gasteiger partial charge >= 0.3 is 0 Å². The zero-order valence-corrected chi connectivity index (χ0v) is 12.8. The van der Waals surface area contributed by atoms with E-state index in [4.69, 9.17) is 11.6 Å². The third kappa shape index (κ3) is 3.73. The first kappa shape index (κ1) is 16.2. The lowest BCUT2D eigenvalue weighted by atomic mass is 10.1. The highest BCUT2D eigenvalue weighted by atomic mass is 35.5. The largest absolute Gasteiger partial charge is 0.348 e. The van der Waals surface area contributed by atoms with Crippen LogP contribution >= 0.6 is 11.6 Å². The van der Waals surface area contributed by atoms with E-state index in [0.717, 1.165) is 12.5 Å². The molecule has 1 atom stereocenters. The predicted molar refractivity (Wildman–Crippen MR) is 80.8 cm³/mol. The first-order valence-electron chi connectivity index (χ1n) is 6.91. The fraction of sp³-hybridized carbons (Fsp3) is 0.429. The lowest BCUT2D eigenvalue weighted by molar-refractivity contribution is -0.385. The van der Waals surface area contributed by atoms with E-state index in [2.05, 4.69) is 5.32 Å². The van der Waals surface area contributed by atoms with Crippen molar-refractivity contribution in [3.05, 3.63) is 38.9 Å². The Kier molecular flexibility index (Phi) is 4.97. The van der Waals surface area contributed by atoms with Crippen molar-refractivity contribution in [3.63, 3.8) is 0 Å². The number of nitro benzene ring substituents is 1. The van der Waals surface area contributed by atoms with E-state index >= 15 is 0 Å². The van der Waals surface area contributed by atoms with E-state index in [1.54, 1.807) is 11.8 Å². The maximum atomic E-state index is 12.2. The Labute approximate surface area is 132 Å². The molecule has 2 rings (SSSR count). The predicted octanol–water partition coefficient (Wildman–Crippen LogP) is 1.99. The van der Waals surface area contributed by atoms with Crippen LogP contribution in [0.25, 0.3) is 0 Å². The molecule has 1 saturated heterocycles. The SMILES string of the molecule is CC(CN1CCCC1=O)NC(=O)c1ccc(Cl)cc1[N+](=O)[O-]. The molecule has 22 heavy (non-hydrogen) atoms. The summed E-state index contributed by atoms with van der Waals surface area (Å²) in [5.41, 5.74) is -0.386. The van der Waals surface area contributed by atoms with Crippen molar-refractivity contribution < 1.29 is 14.5 Å². The van der Waals surface area contributed by atoms with Gasteiger partial charge in [0.25, 0.3) is 11.6 Å². The van der Waals surface area contributed by atoms with Crippen LogP contribution in [0.5, 0.6) is 0 Å². The molecule has 8 heteroatoms. The molecule has 1 aromatic rings. The van der Waals surface area contributed by atoms with Crippen molar-refractivity contribution in [2.24, 2.45) is 0 Å². The molecule has 2 amide bonds. The monoisotopic (exact) mass is 325 g/mol. The van der Waals surface area contributed by atoms with Gasteiger partial charge in [-0.1, -0.05) is 11.6 Å². The summed E-state index contributed by atoms with van der Waals surface area (Å²) < 4.78 is 0. The van der Waals surface area contributed by atoms with Crippen LogP contribution in [0, 0.1) is 10.1 Å². The summed E-state index contributed by atoms with van der Waals surface area (Å²) in [6.07, 6.45) is 1.35. The zero-order chi connectivity index (χ0) is 16.3. The Balaban J connectivity index is 2.05. The van der Waals surface area contributed by atoms with Crippen molar-refractivity contribution in [1.82, 2.24) is 10.2 Å². The summed E-state index contributed by atoms with van der Waals surface area (Å²) in [6, 6.07) is 3.59. The number of rotatable bonds is 5. The van der Waals surface area contributed by atoms with Crippen molar-refractivity contribution >= 4 is 29.1 Å². The molecule has 0 aromatic heterocycles. The second-order valence-corrected chi connectivity index (χ2v) is 5.67. The van der Waals surface area contributed by atoms with Crippen LogP contribution in [-0.2, 0) is 4.79 Å². The molecule has 1 aliphatic heterocycles. The van der Waals surface area contributed by atoms with E-state index in [1.807, 2.05) is 0 Å². The standard InChI is InChI=1S/C14H16ClN3O4/c1-9(8-17-6-2-3-13(17)19)16-14(20)11-5-4-10(15)7-12(11)18(21)22/h4-5,7,9H,2-3,6,8H2,1H3,(H,16,20). The van der Waals surface area contributed by atoms with E-state index in [0.29, 0.717) is 19.5 Å². The summed E-state index contributed by atoms with van der Waals surface area (Å²) in [7, 11) is 0. The molecule has 118 valence electrons. The second-order valence-electron chi connectivity index (χ2n) is 5.24. The summed E-state index contributed by atoms with van der Waals surface area (Å²) in [6.45, 7) is 2.83. The van der Waals surface area contributed by atoms with Gasteiger partial charge in [-0.15, -0.1) is 0 Å². The Bertz CT molecular complexity index is 620. The summed E-state index contributed by atoms with van der Waals surface area (Å²) in [4.78, 5) is 35.8. The molecule has 0 radical (unpaired) electrons. The number of nitro groups is 1. The third-order valence-corrected chi connectivity index (χ3v) is 3.68. The molecule has 0 aliphatic carbocycles. The van der Waals surface area contributed by atoms with Crippen LogP contribution in [-0.4, -0.2) is 40.8 Å². The quantitative estimate of drug-likeness (QED) is 0.662. The fourth-order valence-electron chi connectivity index (χ4n) is 2.42. The van der Waals surface area contributed by atoms with Gasteiger partial charge in [-0.25, -0.2) is 0 Å². The molecule has 7 nitrogen and oxygen atoms in total. The second kappa shape index (κ2) is 6.74. The topological polar surface area (TPSA) is 92.6 Å². The normalized spacial score (nSPS) is 15.7. The van der Waals surface area contributed by atoms with Crippen LogP contribution in [0.4, 0.5) is 5.69 Å². The average Bonchev–Trinajstić information content (AvgIpc) is 2.83. The maximum absolute atomic E-state index is 12.2. The van der Waals surface area contributed by atoms with Crippen molar-refractivity contribution in [2.45, 2.75) is 25.8 Å². The number of likely N-dealkylation sites (tertiary alicyclic amines) is 1. The molecule has 0 bridgehead atoms. The third-order valence-electron chi connectivity index (χ3n) is 3.44. The number of amides is 2. The van der Waals surface area contributed by atoms with E-state index in [1.165, 1.54) is 12.1 Å². The highest BCUT2D eigenvalue weighted by molar-refractivity contribution is 6.31. The first-order chi connectivity index (χ1) is 10.4. The van der Waals surface area contributed by atoms with Crippen molar-refractivity contribution in [1.29, 1.82) is 0 Å². The molecule has 1 aromatic carbocycles. The highest BCUT2D eigenvalue weighted by Crippen LogP contribution is 2.23. The van der Waals surface area contributed by atoms with E-state index in [-0.39, 0.29) is 28.2 Å². The van der Waals surface area contributed by atoms with Crippen LogP contribution in [0.15, 0.2) is 18.2 Å². The molecular weight excluding hydrogens is 310 g/mol. The number of carbonyl (C=O) groups is 2. The van der Waals surface area contributed by atoms with Gasteiger partial charge < -0.3 is 10.2 Å². The van der Waals surface area contributed by atoms with Gasteiger partial charge in [-0.05, 0) is 25.5 Å². The zero-order valence-electron chi connectivity index (χ0n) is 12.0. The van der Waals surface area contributed by atoms with Gasteiger partial charge in [0, 0.05) is 36.6 Å². The van der Waals surface area contributed by atoms with Gasteiger partial charge in [0.2, 0.25) is 5.91 Å². The molecular formula is C14H16ClN3O4. The van der Waals surface area contributed by atoms with Gasteiger partial charge in [0.1, 0.15) is 5.56 Å². The molecule has 1 heterocycles. The van der Waals surface area contributed by atoms with Gasteiger partial charge in [0.05, 0.1) is 4.92 Å². The highest BCUT2D eigenvalue weighted by Gasteiger charge is 2.25. The fourth-order valence-corrected chi connectivity index (χ4v) is 2.59. The van der Waals surface area contributed by atoms with Crippen molar-refractivity contribution in [2.75, 3.05) is 13.1 Å². The van der Waals surface area contributed by atoms with Gasteiger partial charge in [-0.3, -0.25) is 19.7 Å². The molecule has 0 spiro atoms. The number of benzene rings is 1. The Morgan fingerprint density at radius 3 is 2.86 bits per heavy atom. The van der Waals surface area contributed by atoms with Gasteiger partial charge in [0.15, 0.2) is 0 Å². The average molecular weight is 326 g/mol. The number of nitrogens with zero attached hydrogens (tertiary/aromatic N) is 2. The number of halogens is 1. The van der Waals surface area contributed by atoms with Crippen LogP contribution in [0.1, 0.15) is 30.1 Å². The minimum absolute atomic E-state index is 0.0472. The molecule has 1 fully saturated rings. The summed E-state index contributed by atoms with van der Waals surface area (Å²) in [5, 5.41) is 13.9. The number of hydrogen-bond donors (Lipinski definition) is 1. The first-order valence-corrected chi connectivity index (χ1v) is 7.29. The lowest BCUT2D eigenvalue weighted by Gasteiger charge is -2.21. The van der Waals surface area contributed by atoms with Crippen LogP contribution in [0.3, 0.4) is 0 Å². The van der Waals surface area contributed by atoms with E-state index in [9.17, 15) is 19.7 Å². The minimum Gasteiger partial charge on any atom is -0.348 e. The van der Waals surface area contributed by atoms with E-state index < -0.39 is 10.8 Å². The Morgan fingerprint density at radius 2 is 2.27 bits per heavy atom. The van der Waals surface area contributed by atoms with Crippen LogP contribution in [0.2, 0.25) is 5.02 Å². The smallest absolute Gasteiger partial charge is 0.283 e. The number of carbonyl (C=O) groups excluding carboxylic acids is 2. The Morgan fingerprint density at radius 1 is 1.55 bits per heavy atom. The number of hydrogen-bond acceptors (Lipinski definition) is 4. The number of nitrogens with one attached hydrogen (secondary N) is 1. The minimum atomic E-state index is -0.643. The lowest BCUT2D eigenvalue weighted by Crippen LogP contribution is -2.42. The summed E-state index contributed by atoms with van der Waals surface area (Å²) in [5.74, 6) is -0.485. The molecule has 1 unspecified atom stereocenters. The molecule has 1 N–H and O–H groups in total.